The number of benzene rings is 2. The molecule has 2 heterocycles. The summed E-state index contributed by atoms with van der Waals surface area (Å²) in [6.45, 7) is 4.12. The first-order valence-corrected chi connectivity index (χ1v) is 10.2. The number of nitrogens with zero attached hydrogens (tertiary/aromatic N) is 1. The van der Waals surface area contributed by atoms with Crippen molar-refractivity contribution < 1.29 is 4.79 Å². The summed E-state index contributed by atoms with van der Waals surface area (Å²) in [4.78, 5) is 18.7. The number of hydrogen-bond acceptors (Lipinski definition) is 2. The van der Waals surface area contributed by atoms with Crippen LogP contribution >= 0.6 is 0 Å². The first-order valence-electron chi connectivity index (χ1n) is 10.2. The Bertz CT molecular complexity index is 1050. The Morgan fingerprint density at radius 1 is 1.18 bits per heavy atom. The van der Waals surface area contributed by atoms with Gasteiger partial charge in [0.05, 0.1) is 6.04 Å². The third kappa shape index (κ3) is 2.85. The number of H-pyrrole nitrogens is 1. The molecule has 0 fully saturated rings. The highest BCUT2D eigenvalue weighted by Gasteiger charge is 2.35. The first-order chi connectivity index (χ1) is 13.7. The topological polar surface area (TPSA) is 48.1 Å². The monoisotopic (exact) mass is 371 g/mol. The fourth-order valence-corrected chi connectivity index (χ4v) is 4.79. The average Bonchev–Trinajstić information content (AvgIpc) is 3.14. The second-order valence-electron chi connectivity index (χ2n) is 7.82. The predicted octanol–water partition coefficient (Wildman–Crippen LogP) is 4.00. The quantitative estimate of drug-likeness (QED) is 0.728. The highest BCUT2D eigenvalue weighted by Crippen LogP contribution is 2.40. The van der Waals surface area contributed by atoms with Gasteiger partial charge in [0.15, 0.2) is 0 Å². The van der Waals surface area contributed by atoms with E-state index in [2.05, 4.69) is 52.6 Å². The number of fused-ring (bicyclic) bond motifs is 2. The molecule has 1 unspecified atom stereocenters. The second-order valence-corrected chi connectivity index (χ2v) is 7.82. The molecule has 28 heavy (non-hydrogen) atoms. The largest absolute Gasteiger partial charge is 0.361 e. The van der Waals surface area contributed by atoms with Crippen molar-refractivity contribution in [1.82, 2.24) is 15.2 Å². The summed E-state index contributed by atoms with van der Waals surface area (Å²) in [5.74, 6) is -0.00583. The number of carbonyl (C=O) groups excluding carboxylic acids is 1. The molecular formula is C24H25N3O. The summed E-state index contributed by atoms with van der Waals surface area (Å²) in [5, 5.41) is 4.59. The summed E-state index contributed by atoms with van der Waals surface area (Å²) in [7, 11) is 0. The van der Waals surface area contributed by atoms with E-state index < -0.39 is 0 Å². The summed E-state index contributed by atoms with van der Waals surface area (Å²) >= 11 is 0. The highest BCUT2D eigenvalue weighted by molar-refractivity contribution is 5.99. The molecule has 4 heteroatoms. The number of aromatic nitrogens is 1. The van der Waals surface area contributed by atoms with Crippen molar-refractivity contribution in [3.05, 3.63) is 77.5 Å². The van der Waals surface area contributed by atoms with E-state index in [0.29, 0.717) is 11.6 Å². The van der Waals surface area contributed by atoms with Crippen molar-refractivity contribution >= 4 is 22.4 Å². The summed E-state index contributed by atoms with van der Waals surface area (Å²) in [6, 6.07) is 16.4. The number of hydrogen-bond donors (Lipinski definition) is 2. The Labute approximate surface area is 165 Å². The van der Waals surface area contributed by atoms with Crippen molar-refractivity contribution in [2.24, 2.45) is 0 Å². The van der Waals surface area contributed by atoms with E-state index in [1.54, 1.807) is 0 Å². The van der Waals surface area contributed by atoms with Crippen LogP contribution in [-0.4, -0.2) is 41.0 Å². The summed E-state index contributed by atoms with van der Waals surface area (Å²) < 4.78 is 0. The molecule has 2 N–H and O–H groups in total. The van der Waals surface area contributed by atoms with E-state index in [0.717, 1.165) is 25.9 Å². The van der Waals surface area contributed by atoms with Gasteiger partial charge in [-0.1, -0.05) is 43.3 Å². The highest BCUT2D eigenvalue weighted by atomic mass is 16.1. The predicted molar refractivity (Wildman–Crippen MR) is 113 cm³/mol. The Hall–Kier alpha value is -2.85. The molecule has 2 aromatic carbocycles. The third-order valence-corrected chi connectivity index (χ3v) is 5.99. The second kappa shape index (κ2) is 6.95. The fraction of sp³-hybridized carbons (Fsp3) is 0.292. The summed E-state index contributed by atoms with van der Waals surface area (Å²) in [6.07, 6.45) is 6.59. The molecule has 0 saturated heterocycles. The molecule has 1 amide bonds. The molecule has 1 aromatic heterocycles. The van der Waals surface area contributed by atoms with Gasteiger partial charge in [-0.15, -0.1) is 0 Å². The summed E-state index contributed by atoms with van der Waals surface area (Å²) in [5.41, 5.74) is 5.98. The van der Waals surface area contributed by atoms with E-state index in [-0.39, 0.29) is 11.9 Å². The SMILES string of the molecule is CCCN1CC(NC(=O)c2ccccc2)C=C2c3cccc4[nH]cc(c34)C[C@H]21. The Balaban J connectivity index is 1.52. The molecule has 1 aliphatic carbocycles. The zero-order chi connectivity index (χ0) is 19.1. The van der Waals surface area contributed by atoms with Crippen LogP contribution < -0.4 is 5.32 Å². The van der Waals surface area contributed by atoms with E-state index >= 15 is 0 Å². The van der Waals surface area contributed by atoms with Crippen LogP contribution in [-0.2, 0) is 6.42 Å². The van der Waals surface area contributed by atoms with Crippen LogP contribution in [0.2, 0.25) is 0 Å². The minimum Gasteiger partial charge on any atom is -0.361 e. The van der Waals surface area contributed by atoms with Crippen LogP contribution in [0.1, 0.15) is 34.8 Å². The van der Waals surface area contributed by atoms with E-state index in [1.807, 2.05) is 30.3 Å². The average molecular weight is 371 g/mol. The van der Waals surface area contributed by atoms with Gasteiger partial charge in [-0.2, -0.15) is 0 Å². The maximum atomic E-state index is 12.7. The minimum atomic E-state index is -0.00583. The van der Waals surface area contributed by atoms with Gasteiger partial charge in [0, 0.05) is 35.2 Å². The molecule has 0 radical (unpaired) electrons. The van der Waals surface area contributed by atoms with Crippen molar-refractivity contribution in [3.8, 4) is 0 Å². The van der Waals surface area contributed by atoms with E-state index in [1.165, 1.54) is 27.6 Å². The molecule has 4 nitrogen and oxygen atoms in total. The van der Waals surface area contributed by atoms with Gasteiger partial charge in [0.25, 0.3) is 5.91 Å². The van der Waals surface area contributed by atoms with Crippen LogP contribution in [0.4, 0.5) is 0 Å². The molecule has 3 aromatic rings. The van der Waals surface area contributed by atoms with Crippen molar-refractivity contribution in [1.29, 1.82) is 0 Å². The standard InChI is InChI=1S/C24H25N3O/c1-2-11-27-15-18(26-24(28)16-7-4-3-5-8-16)13-20-19-9-6-10-21-23(19)17(14-25-21)12-22(20)27/h3-10,13-14,18,22,25H,2,11-12,15H2,1H3,(H,26,28)/t18?,22-/m1/s1. The van der Waals surface area contributed by atoms with Gasteiger partial charge in [0.1, 0.15) is 0 Å². The Morgan fingerprint density at radius 2 is 2.04 bits per heavy atom. The van der Waals surface area contributed by atoms with Crippen LogP contribution in [0.15, 0.2) is 60.8 Å². The molecule has 0 saturated carbocycles. The fourth-order valence-electron chi connectivity index (χ4n) is 4.79. The van der Waals surface area contributed by atoms with Gasteiger partial charge in [-0.25, -0.2) is 0 Å². The van der Waals surface area contributed by atoms with Gasteiger partial charge in [0.2, 0.25) is 0 Å². The van der Waals surface area contributed by atoms with Crippen molar-refractivity contribution in [3.63, 3.8) is 0 Å². The number of carbonyl (C=O) groups is 1. The van der Waals surface area contributed by atoms with Crippen LogP contribution in [0.25, 0.3) is 16.5 Å². The molecule has 2 atom stereocenters. The molecular weight excluding hydrogens is 346 g/mol. The lowest BCUT2D eigenvalue weighted by Crippen LogP contribution is -2.52. The molecule has 1 aliphatic heterocycles. The molecule has 142 valence electrons. The number of aromatic amines is 1. The molecule has 2 aliphatic rings. The smallest absolute Gasteiger partial charge is 0.251 e. The van der Waals surface area contributed by atoms with Gasteiger partial charge < -0.3 is 10.3 Å². The lowest BCUT2D eigenvalue weighted by Gasteiger charge is -2.42. The number of amides is 1. The minimum absolute atomic E-state index is 0.00583. The van der Waals surface area contributed by atoms with Crippen LogP contribution in [0, 0.1) is 0 Å². The number of rotatable bonds is 4. The normalized spacial score (nSPS) is 21.2. The lowest BCUT2D eigenvalue weighted by atomic mass is 9.81. The third-order valence-electron chi connectivity index (χ3n) is 5.99. The number of nitrogens with one attached hydrogen (secondary N) is 2. The van der Waals surface area contributed by atoms with Crippen LogP contribution in [0.5, 0.6) is 0 Å². The van der Waals surface area contributed by atoms with Crippen LogP contribution in [0.3, 0.4) is 0 Å². The van der Waals surface area contributed by atoms with E-state index in [9.17, 15) is 4.79 Å². The van der Waals surface area contributed by atoms with Gasteiger partial charge in [-0.3, -0.25) is 9.69 Å². The maximum Gasteiger partial charge on any atom is 0.251 e. The molecule has 5 rings (SSSR count). The lowest BCUT2D eigenvalue weighted by molar-refractivity contribution is 0.0928. The Kier molecular flexibility index (Phi) is 4.29. The van der Waals surface area contributed by atoms with E-state index in [4.69, 9.17) is 0 Å². The zero-order valence-electron chi connectivity index (χ0n) is 16.1. The molecule has 0 spiro atoms. The van der Waals surface area contributed by atoms with Crippen molar-refractivity contribution in [2.45, 2.75) is 31.8 Å². The maximum absolute atomic E-state index is 12.7. The zero-order valence-corrected chi connectivity index (χ0v) is 16.1. The van der Waals surface area contributed by atoms with Gasteiger partial charge in [-0.05, 0) is 54.3 Å². The first kappa shape index (κ1) is 17.3. The van der Waals surface area contributed by atoms with Gasteiger partial charge >= 0.3 is 0 Å². The Morgan fingerprint density at radius 3 is 2.86 bits per heavy atom. The molecule has 0 bridgehead atoms. The van der Waals surface area contributed by atoms with Crippen molar-refractivity contribution in [2.75, 3.05) is 13.1 Å².